The first-order valence-electron chi connectivity index (χ1n) is 15.0. The van der Waals surface area contributed by atoms with Crippen molar-refractivity contribution in [2.75, 3.05) is 12.0 Å². The number of amides is 2. The Morgan fingerprint density at radius 2 is 1.55 bits per heavy atom. The zero-order chi connectivity index (χ0) is 30.5. The second-order valence-electron chi connectivity index (χ2n) is 11.1. The van der Waals surface area contributed by atoms with Crippen LogP contribution < -0.4 is 10.6 Å². The number of hydrogen-bond donors (Lipinski definition) is 3. The number of hydrogen-bond acceptors (Lipinski definition) is 6. The molecule has 3 aromatic rings. The second-order valence-corrected chi connectivity index (χ2v) is 13.7. The van der Waals surface area contributed by atoms with Gasteiger partial charge in [0.25, 0.3) is 5.91 Å². The maximum Gasteiger partial charge on any atom is 0.251 e. The van der Waals surface area contributed by atoms with Gasteiger partial charge in [0.1, 0.15) is 20.9 Å². The number of H-pyrrole nitrogens is 1. The van der Waals surface area contributed by atoms with Crippen LogP contribution in [0.1, 0.15) is 112 Å². The van der Waals surface area contributed by atoms with Crippen LogP contribution in [-0.2, 0) is 14.6 Å². The van der Waals surface area contributed by atoms with E-state index < -0.39 is 33.7 Å². The quantitative estimate of drug-likeness (QED) is 0.147. The predicted octanol–water partition coefficient (Wildman–Crippen LogP) is 5.72. The molecule has 2 heterocycles. The van der Waals surface area contributed by atoms with Crippen molar-refractivity contribution in [2.24, 2.45) is 0 Å². The third kappa shape index (κ3) is 10.4. The number of carbonyl (C=O) groups excluding carboxylic acids is 2. The molecular weight excluding hydrogens is 576 g/mol. The van der Waals surface area contributed by atoms with E-state index in [-0.39, 0.29) is 12.2 Å². The number of nitrogens with zero attached hydrogens (tertiary/aromatic N) is 3. The summed E-state index contributed by atoms with van der Waals surface area (Å²) in [6.45, 7) is 4.05. The number of nitrogens with one attached hydrogen (secondary N) is 3. The van der Waals surface area contributed by atoms with Crippen LogP contribution in [0.15, 0.2) is 30.3 Å². The van der Waals surface area contributed by atoms with Gasteiger partial charge >= 0.3 is 0 Å². The number of aryl methyl sites for hydroxylation is 1. The first kappa shape index (κ1) is 33.6. The molecule has 3 N–H and O–H groups in total. The molecule has 3 rings (SSSR count). The van der Waals surface area contributed by atoms with E-state index in [0.29, 0.717) is 28.5 Å². The first-order chi connectivity index (χ1) is 20.1. The van der Waals surface area contributed by atoms with Gasteiger partial charge in [0, 0.05) is 11.8 Å². The topological polar surface area (TPSA) is 138 Å². The van der Waals surface area contributed by atoms with Crippen LogP contribution in [0.4, 0.5) is 0 Å². The van der Waals surface area contributed by atoms with Gasteiger partial charge < -0.3 is 10.6 Å². The Labute approximate surface area is 254 Å². The van der Waals surface area contributed by atoms with E-state index in [9.17, 15) is 18.0 Å². The van der Waals surface area contributed by atoms with Gasteiger partial charge in [0.15, 0.2) is 11.5 Å². The maximum atomic E-state index is 13.6. The molecule has 2 aromatic heterocycles. The molecule has 0 aliphatic carbocycles. The minimum atomic E-state index is -3.37. The lowest BCUT2D eigenvalue weighted by atomic mass is 10.0. The molecule has 2 unspecified atom stereocenters. The highest BCUT2D eigenvalue weighted by Gasteiger charge is 2.28. The largest absolute Gasteiger partial charge is 0.344 e. The van der Waals surface area contributed by atoms with Gasteiger partial charge in [0.05, 0.1) is 17.5 Å². The standard InChI is InChI=1S/C30H45ClN6O4S/c1-4-5-6-7-8-9-10-11-12-16-19-24(27-34-35-28-26(31)22(2)36-37(27)28)32-30(39)25(20-21-42(3,40)41)33-29(38)23-17-14-13-15-18-23/h13-15,17-18,24-25,36H,4-12,16,19-21H2,1-3H3,(H,32,39)(H,33,38). The number of benzene rings is 1. The summed E-state index contributed by atoms with van der Waals surface area (Å²) >= 11 is 6.38. The van der Waals surface area contributed by atoms with Crippen molar-refractivity contribution in [1.29, 1.82) is 0 Å². The number of sulfone groups is 1. The highest BCUT2D eigenvalue weighted by atomic mass is 35.5. The molecule has 0 saturated carbocycles. The van der Waals surface area contributed by atoms with E-state index in [0.717, 1.165) is 31.2 Å². The van der Waals surface area contributed by atoms with Crippen molar-refractivity contribution < 1.29 is 18.0 Å². The van der Waals surface area contributed by atoms with Crippen LogP contribution in [0.2, 0.25) is 5.02 Å². The number of aromatic amines is 1. The van der Waals surface area contributed by atoms with Gasteiger partial charge in [-0.3, -0.25) is 14.7 Å². The normalized spacial score (nSPS) is 13.2. The van der Waals surface area contributed by atoms with Crippen LogP contribution in [0.25, 0.3) is 5.65 Å². The zero-order valence-electron chi connectivity index (χ0n) is 25.0. The SMILES string of the molecule is CCCCCCCCCCCCC(NC(=O)C(CCS(C)(=O)=O)NC(=O)c1ccccc1)c1nnc2c(Cl)c(C)[nH]n12. The molecular formula is C30H45ClN6O4S. The van der Waals surface area contributed by atoms with Crippen molar-refractivity contribution in [3.63, 3.8) is 0 Å². The van der Waals surface area contributed by atoms with Crippen molar-refractivity contribution in [3.05, 3.63) is 52.4 Å². The first-order valence-corrected chi connectivity index (χ1v) is 17.5. The molecule has 0 saturated heterocycles. The summed E-state index contributed by atoms with van der Waals surface area (Å²) in [7, 11) is -3.37. The van der Waals surface area contributed by atoms with Crippen LogP contribution in [0, 0.1) is 6.92 Å². The lowest BCUT2D eigenvalue weighted by Crippen LogP contribution is -2.48. The number of rotatable bonds is 19. The van der Waals surface area contributed by atoms with Gasteiger partial charge in [-0.05, 0) is 31.9 Å². The monoisotopic (exact) mass is 620 g/mol. The molecule has 232 valence electrons. The molecule has 0 aliphatic rings. The van der Waals surface area contributed by atoms with Crippen molar-refractivity contribution in [2.45, 2.75) is 103 Å². The molecule has 2 amide bonds. The molecule has 12 heteroatoms. The average molecular weight is 621 g/mol. The summed E-state index contributed by atoms with van der Waals surface area (Å²) in [5, 5.41) is 17.9. The van der Waals surface area contributed by atoms with E-state index >= 15 is 0 Å². The lowest BCUT2D eigenvalue weighted by molar-refractivity contribution is -0.123. The predicted molar refractivity (Wildman–Crippen MR) is 166 cm³/mol. The van der Waals surface area contributed by atoms with Crippen LogP contribution in [0.5, 0.6) is 0 Å². The number of aromatic nitrogens is 4. The second kappa shape index (κ2) is 16.6. The fourth-order valence-corrected chi connectivity index (χ4v) is 5.79. The van der Waals surface area contributed by atoms with Gasteiger partial charge in [-0.1, -0.05) is 101 Å². The molecule has 2 atom stereocenters. The Bertz CT molecular complexity index is 1390. The summed E-state index contributed by atoms with van der Waals surface area (Å²) in [6.07, 6.45) is 13.5. The number of fused-ring (bicyclic) bond motifs is 1. The fourth-order valence-electron chi connectivity index (χ4n) is 4.96. The molecule has 0 bridgehead atoms. The summed E-state index contributed by atoms with van der Waals surface area (Å²) in [6, 6.07) is 6.94. The van der Waals surface area contributed by atoms with Crippen LogP contribution in [-0.4, -0.2) is 58.1 Å². The number of carbonyl (C=O) groups is 2. The number of unbranched alkanes of at least 4 members (excludes halogenated alkanes) is 9. The van der Waals surface area contributed by atoms with Gasteiger partial charge in [0.2, 0.25) is 5.91 Å². The molecule has 0 spiro atoms. The van der Waals surface area contributed by atoms with E-state index in [1.807, 2.05) is 6.92 Å². The molecule has 0 aliphatic heterocycles. The Hall–Kier alpha value is -2.92. The van der Waals surface area contributed by atoms with Gasteiger partial charge in [-0.25, -0.2) is 12.9 Å². The van der Waals surface area contributed by atoms with E-state index in [4.69, 9.17) is 11.6 Å². The lowest BCUT2D eigenvalue weighted by Gasteiger charge is -2.23. The molecule has 0 fully saturated rings. The third-order valence-electron chi connectivity index (χ3n) is 7.40. The van der Waals surface area contributed by atoms with Gasteiger partial charge in [-0.15, -0.1) is 10.2 Å². The third-order valence-corrected chi connectivity index (χ3v) is 8.83. The Balaban J connectivity index is 1.70. The van der Waals surface area contributed by atoms with Crippen molar-refractivity contribution in [1.82, 2.24) is 30.4 Å². The molecule has 1 aromatic carbocycles. The summed E-state index contributed by atoms with van der Waals surface area (Å²) in [4.78, 5) is 26.5. The Kier molecular flexibility index (Phi) is 13.3. The molecule has 0 radical (unpaired) electrons. The number of halogens is 1. The Morgan fingerprint density at radius 1 is 0.929 bits per heavy atom. The fraction of sp³-hybridized carbons (Fsp3) is 0.600. The summed E-state index contributed by atoms with van der Waals surface area (Å²) < 4.78 is 25.5. The van der Waals surface area contributed by atoms with E-state index in [1.165, 1.54) is 44.9 Å². The average Bonchev–Trinajstić information content (AvgIpc) is 3.49. The smallest absolute Gasteiger partial charge is 0.251 e. The van der Waals surface area contributed by atoms with Crippen molar-refractivity contribution >= 4 is 38.9 Å². The highest BCUT2D eigenvalue weighted by Crippen LogP contribution is 2.25. The minimum absolute atomic E-state index is 0.0586. The molecule has 10 nitrogen and oxygen atoms in total. The van der Waals surface area contributed by atoms with E-state index in [2.05, 4.69) is 32.9 Å². The van der Waals surface area contributed by atoms with Gasteiger partial charge in [-0.2, -0.15) is 0 Å². The zero-order valence-corrected chi connectivity index (χ0v) is 26.6. The highest BCUT2D eigenvalue weighted by molar-refractivity contribution is 7.90. The minimum Gasteiger partial charge on any atom is -0.344 e. The van der Waals surface area contributed by atoms with Crippen LogP contribution >= 0.6 is 11.6 Å². The Morgan fingerprint density at radius 3 is 2.17 bits per heavy atom. The summed E-state index contributed by atoms with van der Waals surface area (Å²) in [5.74, 6) is -0.678. The van der Waals surface area contributed by atoms with Crippen LogP contribution in [0.3, 0.4) is 0 Å². The van der Waals surface area contributed by atoms with Crippen molar-refractivity contribution in [3.8, 4) is 0 Å². The maximum absolute atomic E-state index is 13.6. The van der Waals surface area contributed by atoms with E-state index in [1.54, 1.807) is 34.8 Å². The summed E-state index contributed by atoms with van der Waals surface area (Å²) in [5.41, 5.74) is 1.58. The molecule has 42 heavy (non-hydrogen) atoms.